The van der Waals surface area contributed by atoms with Crippen molar-refractivity contribution in [3.05, 3.63) is 76.0 Å². The molecule has 4 rings (SSSR count). The number of aromatic nitrogens is 1. The van der Waals surface area contributed by atoms with Crippen molar-refractivity contribution in [1.29, 1.82) is 0 Å². The molecule has 1 saturated heterocycles. The third-order valence-corrected chi connectivity index (χ3v) is 5.40. The molecule has 4 amide bonds. The van der Waals surface area contributed by atoms with Crippen molar-refractivity contribution in [2.24, 2.45) is 0 Å². The van der Waals surface area contributed by atoms with E-state index >= 15 is 0 Å². The van der Waals surface area contributed by atoms with E-state index in [1.54, 1.807) is 12.3 Å². The number of nitrogens with zero attached hydrogens (tertiary/aromatic N) is 2. The summed E-state index contributed by atoms with van der Waals surface area (Å²) in [5.74, 6) is -1.75. The number of urea groups is 1. The maximum atomic E-state index is 12.1. The van der Waals surface area contributed by atoms with Crippen LogP contribution in [0.2, 0.25) is 0 Å². The predicted octanol–water partition coefficient (Wildman–Crippen LogP) is 3.04. The van der Waals surface area contributed by atoms with Gasteiger partial charge in [-0.25, -0.2) is 4.79 Å². The lowest BCUT2D eigenvalue weighted by Crippen LogP contribution is -2.51. The van der Waals surface area contributed by atoms with Crippen LogP contribution in [0.1, 0.15) is 5.56 Å². The Kier molecular flexibility index (Phi) is 4.98. The molecule has 9 nitrogen and oxygen atoms in total. The average molecular weight is 420 g/mol. The molecule has 10 heteroatoms. The summed E-state index contributed by atoms with van der Waals surface area (Å²) in [6.07, 6.45) is 2.89. The highest BCUT2D eigenvalue weighted by Crippen LogP contribution is 2.36. The molecule has 1 fully saturated rings. The smallest absolute Gasteiger partial charge is 0.273 e. The van der Waals surface area contributed by atoms with Gasteiger partial charge in [-0.1, -0.05) is 30.0 Å². The van der Waals surface area contributed by atoms with E-state index < -0.39 is 22.8 Å². The van der Waals surface area contributed by atoms with Crippen LogP contribution < -0.4 is 10.6 Å². The van der Waals surface area contributed by atoms with Crippen molar-refractivity contribution < 1.29 is 19.3 Å². The van der Waals surface area contributed by atoms with Crippen LogP contribution >= 0.6 is 11.8 Å². The number of nitrogens with one attached hydrogen (secondary N) is 2. The molecule has 2 aromatic carbocycles. The molecule has 1 aromatic heterocycles. The normalized spacial score (nSPS) is 13.7. The highest BCUT2D eigenvalue weighted by atomic mass is 32.2. The number of amides is 4. The number of benzene rings is 2. The summed E-state index contributed by atoms with van der Waals surface area (Å²) in [5.41, 5.74) is 0.514. The zero-order valence-electron chi connectivity index (χ0n) is 15.1. The Labute approximate surface area is 173 Å². The number of nitro groups is 1. The summed E-state index contributed by atoms with van der Waals surface area (Å²) >= 11 is 1.30. The topological polar surface area (TPSA) is 131 Å². The van der Waals surface area contributed by atoms with E-state index in [2.05, 4.69) is 4.98 Å². The molecular weight excluding hydrogens is 408 g/mol. The molecule has 0 saturated carbocycles. The van der Waals surface area contributed by atoms with E-state index in [4.69, 9.17) is 0 Å². The van der Waals surface area contributed by atoms with Gasteiger partial charge in [0, 0.05) is 33.5 Å². The maximum absolute atomic E-state index is 12.1. The minimum atomic E-state index is -0.919. The van der Waals surface area contributed by atoms with Crippen LogP contribution in [-0.2, 0) is 9.59 Å². The molecule has 30 heavy (non-hydrogen) atoms. The summed E-state index contributed by atoms with van der Waals surface area (Å²) in [5, 5.41) is 16.1. The Bertz CT molecular complexity index is 1240. The molecule has 3 aromatic rings. The van der Waals surface area contributed by atoms with Gasteiger partial charge in [0.2, 0.25) is 0 Å². The van der Waals surface area contributed by atoms with Crippen molar-refractivity contribution in [2.75, 3.05) is 0 Å². The number of hydrogen-bond acceptors (Lipinski definition) is 7. The summed E-state index contributed by atoms with van der Waals surface area (Å²) in [6, 6.07) is 12.6. The first kappa shape index (κ1) is 19.3. The Morgan fingerprint density at radius 2 is 1.70 bits per heavy atom. The van der Waals surface area contributed by atoms with Crippen LogP contribution in [0, 0.1) is 10.1 Å². The number of fused-ring (bicyclic) bond motifs is 1. The number of hydrogen-bond donors (Lipinski definition) is 2. The average Bonchev–Trinajstić information content (AvgIpc) is 2.71. The lowest BCUT2D eigenvalue weighted by molar-refractivity contribution is -0.384. The van der Waals surface area contributed by atoms with Crippen molar-refractivity contribution >= 4 is 52.3 Å². The van der Waals surface area contributed by atoms with Crippen LogP contribution in [-0.4, -0.2) is 27.8 Å². The van der Waals surface area contributed by atoms with Crippen molar-refractivity contribution in [3.63, 3.8) is 0 Å². The van der Waals surface area contributed by atoms with Crippen LogP contribution in [0.4, 0.5) is 10.5 Å². The van der Waals surface area contributed by atoms with Gasteiger partial charge in [-0.2, -0.15) is 0 Å². The van der Waals surface area contributed by atoms with Gasteiger partial charge in [0.05, 0.1) is 10.4 Å². The van der Waals surface area contributed by atoms with E-state index in [9.17, 15) is 24.5 Å². The fourth-order valence-corrected chi connectivity index (χ4v) is 3.92. The van der Waals surface area contributed by atoms with Crippen LogP contribution in [0.15, 0.2) is 70.1 Å². The Morgan fingerprint density at radius 3 is 2.43 bits per heavy atom. The number of para-hydroxylation sites is 1. The number of barbiturate groups is 1. The van der Waals surface area contributed by atoms with Crippen LogP contribution in [0.5, 0.6) is 0 Å². The largest absolute Gasteiger partial charge is 0.328 e. The molecule has 2 heterocycles. The van der Waals surface area contributed by atoms with Gasteiger partial charge < -0.3 is 0 Å². The standard InChI is InChI=1S/C20H12N4O5S/c25-18-14(19(26)23-20(27)22-18)10-12-9-13(24(28)29)6-7-15(12)30-16-5-1-3-11-4-2-8-21-17(11)16/h1-10H,(H2,22,23,25,26,27). The number of non-ortho nitro benzene ring substituents is 1. The number of imide groups is 2. The SMILES string of the molecule is O=C1NC(=O)C(=Cc2cc([N+](=O)[O-])ccc2Sc2cccc3cccnc23)C(=O)N1. The minimum absolute atomic E-state index is 0.199. The lowest BCUT2D eigenvalue weighted by atomic mass is 10.1. The van der Waals surface area contributed by atoms with Crippen LogP contribution in [0.25, 0.3) is 17.0 Å². The predicted molar refractivity (Wildman–Crippen MR) is 109 cm³/mol. The molecule has 0 unspecified atom stereocenters. The number of nitro benzene ring substituents is 1. The summed E-state index contributed by atoms with van der Waals surface area (Å²) in [4.78, 5) is 51.8. The molecule has 0 atom stereocenters. The Morgan fingerprint density at radius 1 is 0.967 bits per heavy atom. The second-order valence-corrected chi connectivity index (χ2v) is 7.29. The maximum Gasteiger partial charge on any atom is 0.328 e. The second-order valence-electron chi connectivity index (χ2n) is 6.21. The second kappa shape index (κ2) is 7.76. The fourth-order valence-electron chi connectivity index (χ4n) is 2.89. The molecule has 2 N–H and O–H groups in total. The third kappa shape index (κ3) is 3.76. The number of carbonyl (C=O) groups excluding carboxylic acids is 3. The molecule has 0 radical (unpaired) electrons. The minimum Gasteiger partial charge on any atom is -0.273 e. The molecule has 0 bridgehead atoms. The molecule has 0 spiro atoms. The summed E-state index contributed by atoms with van der Waals surface area (Å²) in [6.45, 7) is 0. The van der Waals surface area contributed by atoms with E-state index in [0.717, 1.165) is 15.8 Å². The van der Waals surface area contributed by atoms with Gasteiger partial charge in [-0.3, -0.25) is 35.3 Å². The third-order valence-electron chi connectivity index (χ3n) is 4.26. The Balaban J connectivity index is 1.81. The van der Waals surface area contributed by atoms with Gasteiger partial charge in [-0.15, -0.1) is 0 Å². The zero-order chi connectivity index (χ0) is 21.3. The van der Waals surface area contributed by atoms with Crippen molar-refractivity contribution in [1.82, 2.24) is 15.6 Å². The monoisotopic (exact) mass is 420 g/mol. The zero-order valence-corrected chi connectivity index (χ0v) is 15.9. The molecule has 0 aliphatic carbocycles. The number of pyridine rings is 1. The van der Waals surface area contributed by atoms with Crippen molar-refractivity contribution in [3.8, 4) is 0 Å². The molecule has 1 aliphatic rings. The first-order valence-corrected chi connectivity index (χ1v) is 9.42. The molecule has 148 valence electrons. The van der Waals surface area contributed by atoms with Gasteiger partial charge in [0.25, 0.3) is 17.5 Å². The van der Waals surface area contributed by atoms with E-state index in [-0.39, 0.29) is 16.8 Å². The molecule has 1 aliphatic heterocycles. The lowest BCUT2D eigenvalue weighted by Gasteiger charge is -2.15. The van der Waals surface area contributed by atoms with Gasteiger partial charge in [0.1, 0.15) is 5.57 Å². The van der Waals surface area contributed by atoms with Gasteiger partial charge >= 0.3 is 6.03 Å². The first-order chi connectivity index (χ1) is 14.4. The van der Waals surface area contributed by atoms with Gasteiger partial charge in [0.15, 0.2) is 0 Å². The first-order valence-electron chi connectivity index (χ1n) is 8.61. The number of rotatable bonds is 4. The summed E-state index contributed by atoms with van der Waals surface area (Å²) in [7, 11) is 0. The highest BCUT2D eigenvalue weighted by Gasteiger charge is 2.28. The number of carbonyl (C=O) groups is 3. The van der Waals surface area contributed by atoms with Gasteiger partial charge in [-0.05, 0) is 29.8 Å². The van der Waals surface area contributed by atoms with E-state index in [1.807, 2.05) is 41.0 Å². The summed E-state index contributed by atoms with van der Waals surface area (Å²) < 4.78 is 0. The quantitative estimate of drug-likeness (QED) is 0.287. The van der Waals surface area contributed by atoms with E-state index in [0.29, 0.717) is 4.90 Å². The Hall–Kier alpha value is -4.05. The van der Waals surface area contributed by atoms with E-state index in [1.165, 1.54) is 30.0 Å². The highest BCUT2D eigenvalue weighted by molar-refractivity contribution is 7.99. The fraction of sp³-hybridized carbons (Fsp3) is 0. The van der Waals surface area contributed by atoms with Crippen molar-refractivity contribution in [2.45, 2.75) is 9.79 Å². The van der Waals surface area contributed by atoms with Crippen LogP contribution in [0.3, 0.4) is 0 Å². The molecular formula is C20H12N4O5S.